The van der Waals surface area contributed by atoms with Crippen LogP contribution in [-0.4, -0.2) is 11.4 Å². The first-order valence-corrected chi connectivity index (χ1v) is 8.14. The van der Waals surface area contributed by atoms with Crippen LogP contribution in [-0.2, 0) is 0 Å². The molecule has 0 spiro atoms. The van der Waals surface area contributed by atoms with Gasteiger partial charge in [0.25, 0.3) is 0 Å². The lowest BCUT2D eigenvalue weighted by atomic mass is 9.81. The molecule has 1 saturated carbocycles. The van der Waals surface area contributed by atoms with E-state index in [0.717, 1.165) is 12.3 Å². The van der Waals surface area contributed by atoms with E-state index in [-0.39, 0.29) is 5.92 Å². The van der Waals surface area contributed by atoms with E-state index >= 15 is 0 Å². The Morgan fingerprint density at radius 3 is 2.81 bits per heavy atom. The Balaban J connectivity index is 1.74. The van der Waals surface area contributed by atoms with Gasteiger partial charge in [-0.15, -0.1) is 0 Å². The lowest BCUT2D eigenvalue weighted by Crippen LogP contribution is -2.27. The summed E-state index contributed by atoms with van der Waals surface area (Å²) in [6.07, 6.45) is 18.1. The lowest BCUT2D eigenvalue weighted by molar-refractivity contribution is 0.369. The van der Waals surface area contributed by atoms with Crippen LogP contribution in [0.2, 0.25) is 0 Å². The fourth-order valence-electron chi connectivity index (χ4n) is 3.66. The third kappa shape index (κ3) is 2.85. The van der Waals surface area contributed by atoms with Crippen LogP contribution in [0, 0.1) is 11.8 Å². The predicted octanol–water partition coefficient (Wildman–Crippen LogP) is 5.01. The van der Waals surface area contributed by atoms with Crippen molar-refractivity contribution in [3.63, 3.8) is 0 Å². The summed E-state index contributed by atoms with van der Waals surface area (Å²) >= 11 is 0. The number of rotatable bonds is 4. The summed E-state index contributed by atoms with van der Waals surface area (Å²) in [6.45, 7) is 5.97. The minimum Gasteiger partial charge on any atom is -0.260 e. The van der Waals surface area contributed by atoms with Gasteiger partial charge < -0.3 is 0 Å². The summed E-state index contributed by atoms with van der Waals surface area (Å²) in [6, 6.07) is 0. The quantitative estimate of drug-likeness (QED) is 0.647. The van der Waals surface area contributed by atoms with Crippen LogP contribution in [0.25, 0.3) is 0 Å². The van der Waals surface area contributed by atoms with Gasteiger partial charge in [0.15, 0.2) is 0 Å². The van der Waals surface area contributed by atoms with Crippen molar-refractivity contribution in [3.05, 3.63) is 48.4 Å². The molecule has 1 aliphatic carbocycles. The van der Waals surface area contributed by atoms with Crippen molar-refractivity contribution >= 4 is 11.4 Å². The molecule has 2 heterocycles. The average molecular weight is 280 g/mol. The fourth-order valence-corrected chi connectivity index (χ4v) is 3.66. The van der Waals surface area contributed by atoms with Crippen LogP contribution < -0.4 is 0 Å². The summed E-state index contributed by atoms with van der Waals surface area (Å²) in [7, 11) is 0. The first-order valence-electron chi connectivity index (χ1n) is 8.14. The summed E-state index contributed by atoms with van der Waals surface area (Å²) in [5.41, 5.74) is 4.82. The second-order valence-corrected chi connectivity index (χ2v) is 6.15. The molecule has 2 aliphatic heterocycles. The lowest BCUT2D eigenvalue weighted by Gasteiger charge is -2.25. The van der Waals surface area contributed by atoms with Gasteiger partial charge in [-0.25, -0.2) is 0 Å². The molecule has 1 atom stereocenters. The second-order valence-electron chi connectivity index (χ2n) is 6.15. The van der Waals surface area contributed by atoms with E-state index in [1.807, 2.05) is 18.5 Å². The Morgan fingerprint density at radius 1 is 1.29 bits per heavy atom. The molecule has 21 heavy (non-hydrogen) atoms. The van der Waals surface area contributed by atoms with Crippen molar-refractivity contribution in [2.45, 2.75) is 45.4 Å². The molecular formula is C19H24N2. The van der Waals surface area contributed by atoms with E-state index in [1.54, 1.807) is 0 Å². The van der Waals surface area contributed by atoms with Gasteiger partial charge in [-0.05, 0) is 30.4 Å². The third-order valence-corrected chi connectivity index (χ3v) is 4.85. The van der Waals surface area contributed by atoms with Crippen LogP contribution in [0.15, 0.2) is 58.3 Å². The van der Waals surface area contributed by atoms with Crippen molar-refractivity contribution in [3.8, 4) is 0 Å². The zero-order valence-corrected chi connectivity index (χ0v) is 12.9. The Kier molecular flexibility index (Phi) is 4.33. The first-order chi connectivity index (χ1) is 10.3. The molecule has 3 rings (SSSR count). The highest BCUT2D eigenvalue weighted by Gasteiger charge is 2.30. The molecule has 2 nitrogen and oxygen atoms in total. The molecule has 0 radical (unpaired) electrons. The molecule has 1 unspecified atom stereocenters. The maximum atomic E-state index is 4.69. The molecule has 0 aromatic carbocycles. The van der Waals surface area contributed by atoms with Gasteiger partial charge in [0.05, 0.1) is 11.4 Å². The Morgan fingerprint density at radius 2 is 2.10 bits per heavy atom. The summed E-state index contributed by atoms with van der Waals surface area (Å²) < 4.78 is 0. The Labute approximate surface area is 127 Å². The number of aliphatic imine (C=N–C) groups is 2. The van der Waals surface area contributed by atoms with E-state index in [4.69, 9.17) is 0 Å². The van der Waals surface area contributed by atoms with E-state index in [1.165, 1.54) is 54.7 Å². The van der Waals surface area contributed by atoms with Gasteiger partial charge in [-0.2, -0.15) is 0 Å². The minimum absolute atomic E-state index is 0.283. The zero-order valence-electron chi connectivity index (χ0n) is 12.9. The highest BCUT2D eigenvalue weighted by molar-refractivity contribution is 6.45. The molecule has 0 aromatic heterocycles. The van der Waals surface area contributed by atoms with Crippen LogP contribution >= 0.6 is 0 Å². The van der Waals surface area contributed by atoms with E-state index < -0.39 is 0 Å². The summed E-state index contributed by atoms with van der Waals surface area (Å²) in [5.74, 6) is 1.09. The molecule has 0 saturated heterocycles. The molecule has 2 heteroatoms. The molecule has 0 aromatic rings. The van der Waals surface area contributed by atoms with Crippen molar-refractivity contribution in [1.29, 1.82) is 0 Å². The van der Waals surface area contributed by atoms with Gasteiger partial charge in [0, 0.05) is 18.3 Å². The molecule has 0 N–H and O–H groups in total. The third-order valence-electron chi connectivity index (χ3n) is 4.85. The fraction of sp³-hybridized carbons (Fsp3) is 0.474. The zero-order chi connectivity index (χ0) is 14.7. The molecule has 3 aliphatic rings. The number of fused-ring (bicyclic) bond motifs is 1. The number of hydrogen-bond acceptors (Lipinski definition) is 2. The Bertz CT molecular complexity index is 566. The van der Waals surface area contributed by atoms with Gasteiger partial charge in [0.1, 0.15) is 0 Å². The van der Waals surface area contributed by atoms with E-state index in [2.05, 4.69) is 35.6 Å². The van der Waals surface area contributed by atoms with Crippen LogP contribution in [0.5, 0.6) is 0 Å². The maximum Gasteiger partial charge on any atom is 0.0732 e. The smallest absolute Gasteiger partial charge is 0.0732 e. The normalized spacial score (nSPS) is 26.0. The summed E-state index contributed by atoms with van der Waals surface area (Å²) in [4.78, 5) is 9.33. The van der Waals surface area contributed by atoms with Gasteiger partial charge in [0.2, 0.25) is 0 Å². The van der Waals surface area contributed by atoms with Crippen LogP contribution in [0.1, 0.15) is 45.4 Å². The number of hydrogen-bond donors (Lipinski definition) is 0. The van der Waals surface area contributed by atoms with E-state index in [0.29, 0.717) is 0 Å². The van der Waals surface area contributed by atoms with Gasteiger partial charge in [-0.3, -0.25) is 9.98 Å². The van der Waals surface area contributed by atoms with Crippen molar-refractivity contribution < 1.29 is 0 Å². The monoisotopic (exact) mass is 280 g/mol. The van der Waals surface area contributed by atoms with E-state index in [9.17, 15) is 0 Å². The first kappa shape index (κ1) is 14.2. The van der Waals surface area contributed by atoms with Gasteiger partial charge in [-0.1, -0.05) is 56.9 Å². The predicted molar refractivity (Wildman–Crippen MR) is 90.7 cm³/mol. The van der Waals surface area contributed by atoms with Crippen LogP contribution in [0.4, 0.5) is 0 Å². The van der Waals surface area contributed by atoms with Crippen molar-refractivity contribution in [2.75, 3.05) is 0 Å². The molecule has 0 bridgehead atoms. The Hall–Kier alpha value is -1.70. The summed E-state index contributed by atoms with van der Waals surface area (Å²) in [5, 5.41) is 0. The molecule has 1 fully saturated rings. The van der Waals surface area contributed by atoms with Crippen LogP contribution in [0.3, 0.4) is 0 Å². The van der Waals surface area contributed by atoms with Crippen molar-refractivity contribution in [2.24, 2.45) is 21.8 Å². The second kappa shape index (κ2) is 6.38. The molecular weight excluding hydrogens is 256 g/mol. The topological polar surface area (TPSA) is 24.7 Å². The SMILES string of the molecule is C=C/C(=C\C)C1=CN=C2C(CC3CCCCC3)=NC=CC12. The number of allylic oxidation sites excluding steroid dienone is 5. The highest BCUT2D eigenvalue weighted by Crippen LogP contribution is 2.34. The highest BCUT2D eigenvalue weighted by atomic mass is 14.8. The van der Waals surface area contributed by atoms with Gasteiger partial charge >= 0.3 is 0 Å². The standard InChI is InChI=1S/C19H24N2/c1-3-15(4-2)17-13-21-19-16(17)10-11-20-18(19)12-14-8-6-5-7-9-14/h3-4,10-11,13-14,16H,1,5-9,12H2,2H3/b15-4+. The average Bonchev–Trinajstić information content (AvgIpc) is 2.95. The number of nitrogens with zero attached hydrogens (tertiary/aromatic N) is 2. The minimum atomic E-state index is 0.283. The largest absolute Gasteiger partial charge is 0.260 e. The maximum absolute atomic E-state index is 4.69. The molecule has 0 amide bonds. The van der Waals surface area contributed by atoms with Crippen molar-refractivity contribution in [1.82, 2.24) is 0 Å². The molecule has 110 valence electrons.